The third-order valence-corrected chi connectivity index (χ3v) is 5.57. The minimum Gasteiger partial charge on any atom is -0.493 e. The second-order valence-corrected chi connectivity index (χ2v) is 7.74. The van der Waals surface area contributed by atoms with Crippen LogP contribution < -0.4 is 25.3 Å². The summed E-state index contributed by atoms with van der Waals surface area (Å²) in [6, 6.07) is 14.3. The molecule has 1 amide bonds. The summed E-state index contributed by atoms with van der Waals surface area (Å²) >= 11 is 0. The lowest BCUT2D eigenvalue weighted by molar-refractivity contribution is 0.100. The van der Waals surface area contributed by atoms with Crippen molar-refractivity contribution in [2.24, 2.45) is 5.73 Å². The zero-order valence-electron chi connectivity index (χ0n) is 19.8. The maximum Gasteiger partial charge on any atom is 0.248 e. The third-order valence-electron chi connectivity index (χ3n) is 5.57. The van der Waals surface area contributed by atoms with E-state index in [0.29, 0.717) is 45.8 Å². The average Bonchev–Trinajstić information content (AvgIpc) is 3.57. The molecule has 0 saturated heterocycles. The summed E-state index contributed by atoms with van der Waals surface area (Å²) in [5.74, 6) is 2.58. The summed E-state index contributed by atoms with van der Waals surface area (Å²) in [4.78, 5) is 20.8. The van der Waals surface area contributed by atoms with Gasteiger partial charge in [0.2, 0.25) is 11.7 Å². The van der Waals surface area contributed by atoms with E-state index in [4.69, 9.17) is 24.9 Å². The quantitative estimate of drug-likeness (QED) is 0.342. The van der Waals surface area contributed by atoms with E-state index in [1.807, 2.05) is 47.3 Å². The van der Waals surface area contributed by atoms with E-state index in [2.05, 4.69) is 15.4 Å². The molecule has 0 unspecified atom stereocenters. The van der Waals surface area contributed by atoms with Crippen LogP contribution in [0.1, 0.15) is 10.4 Å². The van der Waals surface area contributed by atoms with Crippen molar-refractivity contribution in [3.05, 3.63) is 72.8 Å². The number of anilines is 2. The minimum atomic E-state index is -0.519. The summed E-state index contributed by atoms with van der Waals surface area (Å²) < 4.78 is 19.8. The van der Waals surface area contributed by atoms with E-state index in [1.165, 1.54) is 0 Å². The number of imidazole rings is 1. The van der Waals surface area contributed by atoms with Crippen LogP contribution in [0.3, 0.4) is 0 Å². The molecule has 5 rings (SSSR count). The molecule has 3 heterocycles. The van der Waals surface area contributed by atoms with Gasteiger partial charge >= 0.3 is 0 Å². The summed E-state index contributed by atoms with van der Waals surface area (Å²) in [5.41, 5.74) is 8.00. The lowest BCUT2D eigenvalue weighted by Crippen LogP contribution is -2.11. The molecule has 5 aromatic rings. The first-order chi connectivity index (χ1) is 17.5. The highest BCUT2D eigenvalue weighted by atomic mass is 16.5. The Morgan fingerprint density at radius 3 is 2.47 bits per heavy atom. The number of fused-ring (bicyclic) bond motifs is 1. The van der Waals surface area contributed by atoms with Gasteiger partial charge in [-0.1, -0.05) is 12.1 Å². The average molecular weight is 486 g/mol. The number of rotatable bonds is 8. The molecular weight excluding hydrogens is 462 g/mol. The largest absolute Gasteiger partial charge is 0.493 e. The lowest BCUT2D eigenvalue weighted by Gasteiger charge is -2.14. The zero-order valence-corrected chi connectivity index (χ0v) is 19.8. The van der Waals surface area contributed by atoms with Crippen molar-refractivity contribution < 1.29 is 19.0 Å². The maximum atomic E-state index is 11.6. The van der Waals surface area contributed by atoms with Gasteiger partial charge in [0.05, 0.1) is 33.2 Å². The fourth-order valence-corrected chi connectivity index (χ4v) is 3.83. The van der Waals surface area contributed by atoms with E-state index in [1.54, 1.807) is 50.4 Å². The van der Waals surface area contributed by atoms with Gasteiger partial charge < -0.3 is 29.8 Å². The number of hydrogen-bond acceptors (Lipinski definition) is 8. The fraction of sp³-hybridized carbons (Fsp3) is 0.120. The SMILES string of the molecule is COc1cc(-n2cnc(Nc3nc(-c4cccc(C(N)=O)c4)nn4cccc34)c2)cc(OC)c1OC. The lowest BCUT2D eigenvalue weighted by atomic mass is 10.1. The van der Waals surface area contributed by atoms with Crippen LogP contribution in [0.2, 0.25) is 0 Å². The van der Waals surface area contributed by atoms with Gasteiger partial charge in [-0.3, -0.25) is 4.79 Å². The number of carbonyl (C=O) groups is 1. The van der Waals surface area contributed by atoms with Gasteiger partial charge in [0.15, 0.2) is 23.1 Å². The van der Waals surface area contributed by atoms with Crippen LogP contribution in [0.15, 0.2) is 67.3 Å². The Kier molecular flexibility index (Phi) is 5.87. The highest BCUT2D eigenvalue weighted by Gasteiger charge is 2.16. The van der Waals surface area contributed by atoms with E-state index < -0.39 is 5.91 Å². The molecule has 0 bridgehead atoms. The standard InChI is InChI=1S/C25H23N7O4/c1-34-19-11-17(12-20(35-2)22(19)36-3)31-13-21(27-14-31)28-25-18-8-5-9-32(18)30-24(29-25)16-7-4-6-15(10-16)23(26)33/h4-14H,1-3H3,(H2,26,33)(H,28,29,30). The summed E-state index contributed by atoms with van der Waals surface area (Å²) in [5, 5.41) is 7.83. The van der Waals surface area contributed by atoms with Crippen molar-refractivity contribution in [1.29, 1.82) is 0 Å². The van der Waals surface area contributed by atoms with E-state index >= 15 is 0 Å². The normalized spacial score (nSPS) is 10.9. The second kappa shape index (κ2) is 9.29. The number of aromatic nitrogens is 5. The minimum absolute atomic E-state index is 0.377. The molecule has 0 radical (unpaired) electrons. The van der Waals surface area contributed by atoms with E-state index in [0.717, 1.165) is 11.2 Å². The van der Waals surface area contributed by atoms with Crippen molar-refractivity contribution in [2.75, 3.05) is 26.6 Å². The molecule has 3 N–H and O–H groups in total. The summed E-state index contributed by atoms with van der Waals surface area (Å²) in [7, 11) is 4.69. The molecule has 182 valence electrons. The molecule has 0 aliphatic heterocycles. The fourth-order valence-electron chi connectivity index (χ4n) is 3.83. The number of nitrogens with zero attached hydrogens (tertiary/aromatic N) is 5. The summed E-state index contributed by atoms with van der Waals surface area (Å²) in [6.45, 7) is 0. The third kappa shape index (κ3) is 4.13. The molecule has 0 spiro atoms. The van der Waals surface area contributed by atoms with Crippen LogP contribution in [-0.4, -0.2) is 51.4 Å². The molecule has 11 nitrogen and oxygen atoms in total. The van der Waals surface area contributed by atoms with Crippen LogP contribution in [0, 0.1) is 0 Å². The first kappa shape index (κ1) is 22.7. The van der Waals surface area contributed by atoms with Crippen LogP contribution >= 0.6 is 0 Å². The Labute approximate surface area is 206 Å². The number of primary amides is 1. The van der Waals surface area contributed by atoms with Crippen LogP contribution in [0.4, 0.5) is 11.6 Å². The Balaban J connectivity index is 1.51. The van der Waals surface area contributed by atoms with E-state index in [9.17, 15) is 4.79 Å². The predicted octanol–water partition coefficient (Wildman–Crippen LogP) is 3.45. The number of nitrogens with two attached hydrogens (primary N) is 1. The number of carbonyl (C=O) groups excluding carboxylic acids is 1. The highest BCUT2D eigenvalue weighted by Crippen LogP contribution is 2.39. The smallest absolute Gasteiger partial charge is 0.248 e. The molecule has 3 aromatic heterocycles. The first-order valence-electron chi connectivity index (χ1n) is 10.9. The van der Waals surface area contributed by atoms with Crippen LogP contribution in [-0.2, 0) is 0 Å². The van der Waals surface area contributed by atoms with Crippen LogP contribution in [0.5, 0.6) is 17.2 Å². The maximum absolute atomic E-state index is 11.6. The Bertz CT molecular complexity index is 1550. The second-order valence-electron chi connectivity index (χ2n) is 7.74. The van der Waals surface area contributed by atoms with Crippen molar-refractivity contribution in [3.8, 4) is 34.3 Å². The van der Waals surface area contributed by atoms with Gasteiger partial charge in [0, 0.05) is 29.5 Å². The molecule has 0 fully saturated rings. The molecule has 0 aliphatic carbocycles. The van der Waals surface area contributed by atoms with E-state index in [-0.39, 0.29) is 0 Å². The molecular formula is C25H23N7O4. The van der Waals surface area contributed by atoms with Crippen molar-refractivity contribution in [3.63, 3.8) is 0 Å². The highest BCUT2D eigenvalue weighted by molar-refractivity contribution is 5.94. The zero-order chi connectivity index (χ0) is 25.2. The predicted molar refractivity (Wildman–Crippen MR) is 133 cm³/mol. The number of hydrogen-bond donors (Lipinski definition) is 2. The molecule has 11 heteroatoms. The van der Waals surface area contributed by atoms with Crippen molar-refractivity contribution in [2.45, 2.75) is 0 Å². The molecule has 0 saturated carbocycles. The molecule has 36 heavy (non-hydrogen) atoms. The Hall–Kier alpha value is -5.06. The van der Waals surface area contributed by atoms with Gasteiger partial charge in [-0.05, 0) is 24.3 Å². The molecule has 2 aromatic carbocycles. The summed E-state index contributed by atoms with van der Waals surface area (Å²) in [6.07, 6.45) is 5.30. The molecule has 0 atom stereocenters. The monoisotopic (exact) mass is 485 g/mol. The number of amides is 1. The van der Waals surface area contributed by atoms with Crippen molar-refractivity contribution >= 4 is 23.1 Å². The topological polar surface area (TPSA) is 131 Å². The van der Waals surface area contributed by atoms with Gasteiger partial charge in [-0.15, -0.1) is 5.10 Å². The molecule has 0 aliphatic rings. The van der Waals surface area contributed by atoms with Gasteiger partial charge in [-0.2, -0.15) is 0 Å². The van der Waals surface area contributed by atoms with Crippen LogP contribution in [0.25, 0.3) is 22.6 Å². The first-order valence-corrected chi connectivity index (χ1v) is 10.9. The number of benzene rings is 2. The number of nitrogens with one attached hydrogen (secondary N) is 1. The van der Waals surface area contributed by atoms with Crippen molar-refractivity contribution in [1.82, 2.24) is 24.1 Å². The van der Waals surface area contributed by atoms with Gasteiger partial charge in [0.1, 0.15) is 17.7 Å². The van der Waals surface area contributed by atoms with Gasteiger partial charge in [0.25, 0.3) is 0 Å². The van der Waals surface area contributed by atoms with Gasteiger partial charge in [-0.25, -0.2) is 14.5 Å². The Morgan fingerprint density at radius 2 is 1.78 bits per heavy atom. The number of methoxy groups -OCH3 is 3. The Morgan fingerprint density at radius 1 is 1.00 bits per heavy atom. The number of ether oxygens (including phenoxy) is 3.